The maximum atomic E-state index is 12.7. The van der Waals surface area contributed by atoms with E-state index in [4.69, 9.17) is 21.1 Å². The fraction of sp³-hybridized carbons (Fsp3) is 0.238. The van der Waals surface area contributed by atoms with Crippen molar-refractivity contribution in [1.29, 1.82) is 0 Å². The molecule has 6 heteroatoms. The van der Waals surface area contributed by atoms with Crippen LogP contribution in [0.3, 0.4) is 0 Å². The van der Waals surface area contributed by atoms with E-state index in [-0.39, 0.29) is 13.2 Å². The van der Waals surface area contributed by atoms with Gasteiger partial charge in [0, 0.05) is 16.4 Å². The van der Waals surface area contributed by atoms with Crippen molar-refractivity contribution < 1.29 is 19.1 Å². The van der Waals surface area contributed by atoms with Crippen LogP contribution in [0.2, 0.25) is 5.02 Å². The molecule has 0 amide bonds. The molecule has 0 unspecified atom stereocenters. The molecule has 0 aliphatic carbocycles. The molecular formula is C21H22ClNO4. The number of dihydropyridines is 1. The van der Waals surface area contributed by atoms with Crippen LogP contribution in [0, 0.1) is 0 Å². The zero-order valence-corrected chi connectivity index (χ0v) is 16.1. The quantitative estimate of drug-likeness (QED) is 0.565. The third kappa shape index (κ3) is 4.68. The number of allylic oxidation sites excluding steroid dienone is 2. The summed E-state index contributed by atoms with van der Waals surface area (Å²) in [6.45, 7) is 10.8. The first-order valence-electron chi connectivity index (χ1n) is 8.40. The standard InChI is InChI=1S/C21H22ClNO4/c1-5-11-26-20(24)17-13(3)23-14(4)18(21(25)27-12-6-2)19(17)15-7-9-16(22)10-8-15/h5-10,19,23H,1-2,11-12H2,3-4H3. The molecule has 142 valence electrons. The summed E-state index contributed by atoms with van der Waals surface area (Å²) in [4.78, 5) is 25.4. The SMILES string of the molecule is C=CCOC(=O)C1=C(C)NC(C)=C(C(=O)OCC=C)C1c1ccc(Cl)cc1. The van der Waals surface area contributed by atoms with Gasteiger partial charge in [-0.05, 0) is 31.5 Å². The summed E-state index contributed by atoms with van der Waals surface area (Å²) < 4.78 is 10.5. The molecule has 0 spiro atoms. The number of carbonyl (C=O) groups is 2. The second kappa shape index (κ2) is 9.24. The Labute approximate surface area is 164 Å². The number of halogens is 1. The van der Waals surface area contributed by atoms with Crippen LogP contribution in [0.25, 0.3) is 0 Å². The average Bonchev–Trinajstić information content (AvgIpc) is 2.64. The van der Waals surface area contributed by atoms with E-state index in [1.54, 1.807) is 38.1 Å². The maximum Gasteiger partial charge on any atom is 0.337 e. The van der Waals surface area contributed by atoms with Crippen LogP contribution < -0.4 is 5.32 Å². The van der Waals surface area contributed by atoms with Crippen molar-refractivity contribution in [3.8, 4) is 0 Å². The molecule has 0 bridgehead atoms. The van der Waals surface area contributed by atoms with Crippen molar-refractivity contribution in [2.45, 2.75) is 19.8 Å². The highest BCUT2D eigenvalue weighted by atomic mass is 35.5. The third-order valence-electron chi connectivity index (χ3n) is 4.07. The minimum atomic E-state index is -0.641. The molecular weight excluding hydrogens is 366 g/mol. The van der Waals surface area contributed by atoms with Crippen LogP contribution in [0.5, 0.6) is 0 Å². The third-order valence-corrected chi connectivity index (χ3v) is 4.32. The summed E-state index contributed by atoms with van der Waals surface area (Å²) in [5.74, 6) is -1.69. The molecule has 5 nitrogen and oxygen atoms in total. The molecule has 1 aliphatic rings. The zero-order valence-electron chi connectivity index (χ0n) is 15.4. The van der Waals surface area contributed by atoms with E-state index in [9.17, 15) is 9.59 Å². The number of esters is 2. The lowest BCUT2D eigenvalue weighted by Gasteiger charge is -2.30. The average molecular weight is 388 g/mol. The van der Waals surface area contributed by atoms with Gasteiger partial charge in [-0.15, -0.1) is 0 Å². The molecule has 0 fully saturated rings. The smallest absolute Gasteiger partial charge is 0.337 e. The Balaban J connectivity index is 2.56. The van der Waals surface area contributed by atoms with E-state index in [2.05, 4.69) is 18.5 Å². The Morgan fingerprint density at radius 3 is 1.85 bits per heavy atom. The predicted octanol–water partition coefficient (Wildman–Crippen LogP) is 4.03. The van der Waals surface area contributed by atoms with Gasteiger partial charge in [-0.25, -0.2) is 9.59 Å². The first kappa shape index (κ1) is 20.5. The number of carbonyl (C=O) groups excluding carboxylic acids is 2. The molecule has 1 aromatic carbocycles. The molecule has 1 aromatic rings. The fourth-order valence-electron chi connectivity index (χ4n) is 2.95. The Kier molecular flexibility index (Phi) is 7.02. The topological polar surface area (TPSA) is 64.6 Å². The molecule has 1 N–H and O–H groups in total. The Morgan fingerprint density at radius 1 is 1.00 bits per heavy atom. The molecule has 0 radical (unpaired) electrons. The minimum Gasteiger partial charge on any atom is -0.458 e. The number of nitrogens with one attached hydrogen (secondary N) is 1. The number of benzene rings is 1. The van der Waals surface area contributed by atoms with Crippen LogP contribution in [-0.4, -0.2) is 25.2 Å². The van der Waals surface area contributed by atoms with E-state index >= 15 is 0 Å². The molecule has 0 saturated carbocycles. The Hall–Kier alpha value is -2.79. The van der Waals surface area contributed by atoms with Crippen molar-refractivity contribution >= 4 is 23.5 Å². The second-order valence-corrected chi connectivity index (χ2v) is 6.40. The van der Waals surface area contributed by atoms with Gasteiger partial charge in [0.2, 0.25) is 0 Å². The van der Waals surface area contributed by atoms with E-state index in [0.29, 0.717) is 27.6 Å². The Bertz CT molecular complexity index is 775. The molecule has 1 aliphatic heterocycles. The fourth-order valence-corrected chi connectivity index (χ4v) is 3.07. The van der Waals surface area contributed by atoms with E-state index < -0.39 is 17.9 Å². The van der Waals surface area contributed by atoms with E-state index in [1.807, 2.05) is 0 Å². The molecule has 27 heavy (non-hydrogen) atoms. The number of hydrogen-bond acceptors (Lipinski definition) is 5. The van der Waals surface area contributed by atoms with Crippen molar-refractivity contribution in [1.82, 2.24) is 5.32 Å². The van der Waals surface area contributed by atoms with Crippen LogP contribution in [0.4, 0.5) is 0 Å². The maximum absolute atomic E-state index is 12.7. The highest BCUT2D eigenvalue weighted by Crippen LogP contribution is 2.39. The van der Waals surface area contributed by atoms with Gasteiger partial charge in [0.05, 0.1) is 17.1 Å². The van der Waals surface area contributed by atoms with Crippen molar-refractivity contribution in [3.05, 3.63) is 82.7 Å². The first-order chi connectivity index (χ1) is 12.9. The second-order valence-electron chi connectivity index (χ2n) is 5.96. The van der Waals surface area contributed by atoms with Crippen molar-refractivity contribution in [2.75, 3.05) is 13.2 Å². The van der Waals surface area contributed by atoms with Gasteiger partial charge in [0.1, 0.15) is 13.2 Å². The van der Waals surface area contributed by atoms with Gasteiger partial charge >= 0.3 is 11.9 Å². The lowest BCUT2D eigenvalue weighted by molar-refractivity contribution is -0.138. The van der Waals surface area contributed by atoms with Gasteiger partial charge in [-0.2, -0.15) is 0 Å². The van der Waals surface area contributed by atoms with Crippen LogP contribution in [0.1, 0.15) is 25.3 Å². The van der Waals surface area contributed by atoms with Crippen LogP contribution in [-0.2, 0) is 19.1 Å². The Morgan fingerprint density at radius 2 is 1.44 bits per heavy atom. The lowest BCUT2D eigenvalue weighted by Crippen LogP contribution is -2.32. The summed E-state index contributed by atoms with van der Waals surface area (Å²) in [6, 6.07) is 6.98. The summed E-state index contributed by atoms with van der Waals surface area (Å²) in [7, 11) is 0. The predicted molar refractivity (Wildman–Crippen MR) is 105 cm³/mol. The van der Waals surface area contributed by atoms with Gasteiger partial charge < -0.3 is 14.8 Å². The molecule has 1 heterocycles. The van der Waals surface area contributed by atoms with Crippen molar-refractivity contribution in [2.24, 2.45) is 0 Å². The van der Waals surface area contributed by atoms with Gasteiger partial charge in [-0.3, -0.25) is 0 Å². The van der Waals surface area contributed by atoms with Crippen LogP contribution in [0.15, 0.2) is 72.1 Å². The minimum absolute atomic E-state index is 0.0713. The summed E-state index contributed by atoms with van der Waals surface area (Å²) in [6.07, 6.45) is 2.98. The number of ether oxygens (including phenoxy) is 2. The number of hydrogen-bond donors (Lipinski definition) is 1. The lowest BCUT2D eigenvalue weighted by atomic mass is 9.80. The zero-order chi connectivity index (χ0) is 20.0. The van der Waals surface area contributed by atoms with Gasteiger partial charge in [0.25, 0.3) is 0 Å². The molecule has 0 saturated heterocycles. The monoisotopic (exact) mass is 387 g/mol. The van der Waals surface area contributed by atoms with Gasteiger partial charge in [0.15, 0.2) is 0 Å². The summed E-state index contributed by atoms with van der Waals surface area (Å²) in [5.41, 5.74) is 2.64. The van der Waals surface area contributed by atoms with Crippen molar-refractivity contribution in [3.63, 3.8) is 0 Å². The van der Waals surface area contributed by atoms with Gasteiger partial charge in [-0.1, -0.05) is 49.0 Å². The van der Waals surface area contributed by atoms with Crippen LogP contribution >= 0.6 is 11.6 Å². The normalized spacial score (nSPS) is 14.5. The molecule has 0 aromatic heterocycles. The largest absolute Gasteiger partial charge is 0.458 e. The highest BCUT2D eigenvalue weighted by Gasteiger charge is 2.37. The molecule has 2 rings (SSSR count). The van der Waals surface area contributed by atoms with E-state index in [1.165, 1.54) is 12.2 Å². The first-order valence-corrected chi connectivity index (χ1v) is 8.78. The summed E-state index contributed by atoms with van der Waals surface area (Å²) >= 11 is 6.00. The summed E-state index contributed by atoms with van der Waals surface area (Å²) in [5, 5.41) is 3.64. The number of rotatable bonds is 7. The highest BCUT2D eigenvalue weighted by molar-refractivity contribution is 6.30. The molecule has 0 atom stereocenters. The van der Waals surface area contributed by atoms with E-state index in [0.717, 1.165) is 5.56 Å².